The molecule has 0 radical (unpaired) electrons. The number of nitrogens with one attached hydrogen (secondary N) is 2. The van der Waals surface area contributed by atoms with Gasteiger partial charge in [0, 0.05) is 33.5 Å². The van der Waals surface area contributed by atoms with Crippen LogP contribution in [0, 0.1) is 11.3 Å². The fourth-order valence-corrected chi connectivity index (χ4v) is 7.19. The van der Waals surface area contributed by atoms with Gasteiger partial charge in [0.1, 0.15) is 36.8 Å². The normalized spacial score (nSPS) is 24.9. The molecule has 12 heteroatoms. The molecule has 2 aromatic rings. The van der Waals surface area contributed by atoms with Gasteiger partial charge in [0.05, 0.1) is 5.41 Å². The van der Waals surface area contributed by atoms with Gasteiger partial charge in [-0.15, -0.1) is 6.58 Å². The van der Waals surface area contributed by atoms with Crippen LogP contribution < -0.4 is 10.6 Å². The zero-order valence-corrected chi connectivity index (χ0v) is 32.6. The Morgan fingerprint density at radius 2 is 1.43 bits per heavy atom. The summed E-state index contributed by atoms with van der Waals surface area (Å²) in [5, 5.41) is 5.61. The number of hydrogen-bond acceptors (Lipinski definition) is 7. The molecule has 54 heavy (non-hydrogen) atoms. The van der Waals surface area contributed by atoms with E-state index >= 15 is 0 Å². The summed E-state index contributed by atoms with van der Waals surface area (Å²) in [5.74, 6) is -3.44. The Bertz CT molecular complexity index is 1650. The van der Waals surface area contributed by atoms with Gasteiger partial charge in [-0.25, -0.2) is 0 Å². The van der Waals surface area contributed by atoms with Crippen LogP contribution >= 0.6 is 0 Å². The lowest BCUT2D eigenvalue weighted by Gasteiger charge is -2.38. The van der Waals surface area contributed by atoms with Crippen molar-refractivity contribution in [3.05, 3.63) is 84.4 Å². The number of nitrogens with zero attached hydrogens (tertiary/aromatic N) is 3. The van der Waals surface area contributed by atoms with Crippen molar-refractivity contribution >= 4 is 35.5 Å². The topological polar surface area (TPSA) is 145 Å². The molecule has 2 N–H and O–H groups in total. The summed E-state index contributed by atoms with van der Waals surface area (Å²) in [7, 11) is 3.10. The minimum atomic E-state index is -1.29. The fraction of sp³-hybridized carbons (Fsp3) is 0.524. The molecule has 2 aliphatic heterocycles. The number of rotatable bonds is 9. The third-order valence-corrected chi connectivity index (χ3v) is 10.7. The van der Waals surface area contributed by atoms with Crippen molar-refractivity contribution in [1.82, 2.24) is 25.3 Å². The summed E-state index contributed by atoms with van der Waals surface area (Å²) in [6, 6.07) is 14.7. The van der Waals surface area contributed by atoms with Gasteiger partial charge in [0.25, 0.3) is 0 Å². The molecule has 12 nitrogen and oxygen atoms in total. The van der Waals surface area contributed by atoms with Gasteiger partial charge >= 0.3 is 5.97 Å². The van der Waals surface area contributed by atoms with E-state index in [4.69, 9.17) is 4.74 Å². The van der Waals surface area contributed by atoms with Crippen LogP contribution in [0.4, 0.5) is 0 Å². The number of amides is 5. The maximum Gasteiger partial charge on any atom is 0.325 e. The Kier molecular flexibility index (Phi) is 14.6. The van der Waals surface area contributed by atoms with E-state index in [9.17, 15) is 28.8 Å². The standard InChI is InChI=1S/C42H57N5O7/c1-8-9-12-23-34-42(4,5)41(53)44-36(28(2)3)40(52)46(7)33(26-30-20-15-11-16-21-30)39(51)47-24-17-22-31(47)38(50)45(6)32(25-29-18-13-10-14-19-29)37(49)43-27-35(48)54-34/h8,10-11,13-16,18-21,28,31-34,36H,1,9,12,17,22-27H2,2-7H3,(H,43,49)(H,44,53). The number of fused-ring (bicyclic) bond motifs is 1. The number of allylic oxidation sites excluding steroid dienone is 1. The second-order valence-electron chi connectivity index (χ2n) is 15.3. The van der Waals surface area contributed by atoms with Crippen LogP contribution in [-0.4, -0.2) is 108 Å². The minimum Gasteiger partial charge on any atom is -0.460 e. The number of hydrogen-bond donors (Lipinski definition) is 2. The molecule has 4 rings (SSSR count). The van der Waals surface area contributed by atoms with Gasteiger partial charge in [-0.1, -0.05) is 80.6 Å². The van der Waals surface area contributed by atoms with Crippen molar-refractivity contribution in [2.75, 3.05) is 27.2 Å². The van der Waals surface area contributed by atoms with Crippen LogP contribution in [0.25, 0.3) is 0 Å². The van der Waals surface area contributed by atoms with Crippen molar-refractivity contribution in [3.8, 4) is 0 Å². The van der Waals surface area contributed by atoms with E-state index in [0.717, 1.165) is 11.1 Å². The van der Waals surface area contributed by atoms with E-state index in [1.807, 2.05) is 74.5 Å². The predicted octanol–water partition coefficient (Wildman–Crippen LogP) is 3.68. The zero-order valence-electron chi connectivity index (χ0n) is 32.6. The number of carbonyl (C=O) groups is 6. The van der Waals surface area contributed by atoms with Crippen LogP contribution in [0.5, 0.6) is 0 Å². The van der Waals surface area contributed by atoms with Crippen LogP contribution in [0.3, 0.4) is 0 Å². The summed E-state index contributed by atoms with van der Waals surface area (Å²) in [4.78, 5) is 89.2. The molecule has 5 atom stereocenters. The number of benzene rings is 2. The van der Waals surface area contributed by atoms with Crippen LogP contribution in [0.2, 0.25) is 0 Å². The number of likely N-dealkylation sites (N-methyl/N-ethyl adjacent to an activating group) is 2. The highest BCUT2D eigenvalue weighted by molar-refractivity contribution is 5.97. The zero-order chi connectivity index (χ0) is 39.6. The summed E-state index contributed by atoms with van der Waals surface area (Å²) in [6.45, 7) is 10.5. The predicted molar refractivity (Wildman–Crippen MR) is 206 cm³/mol. The first-order chi connectivity index (χ1) is 25.7. The molecular weight excluding hydrogens is 686 g/mol. The lowest BCUT2D eigenvalue weighted by molar-refractivity contribution is -0.160. The lowest BCUT2D eigenvalue weighted by Crippen LogP contribution is -2.60. The van der Waals surface area contributed by atoms with Gasteiger partial charge in [0.2, 0.25) is 29.5 Å². The quantitative estimate of drug-likeness (QED) is 0.227. The molecule has 2 heterocycles. The highest BCUT2D eigenvalue weighted by Crippen LogP contribution is 2.30. The highest BCUT2D eigenvalue weighted by atomic mass is 16.5. The van der Waals surface area contributed by atoms with Crippen molar-refractivity contribution in [3.63, 3.8) is 0 Å². The van der Waals surface area contributed by atoms with Crippen molar-refractivity contribution in [1.29, 1.82) is 0 Å². The van der Waals surface area contributed by atoms with E-state index in [1.165, 1.54) is 21.7 Å². The van der Waals surface area contributed by atoms with E-state index in [1.54, 1.807) is 27.0 Å². The van der Waals surface area contributed by atoms with Crippen molar-refractivity contribution < 1.29 is 33.5 Å². The molecule has 0 bridgehead atoms. The third-order valence-electron chi connectivity index (χ3n) is 10.7. The average molecular weight is 744 g/mol. The average Bonchev–Trinajstić information content (AvgIpc) is 3.66. The number of ether oxygens (including phenoxy) is 1. The molecule has 0 spiro atoms. The molecule has 0 aromatic heterocycles. The third kappa shape index (κ3) is 10.1. The molecule has 5 unspecified atom stereocenters. The first-order valence-corrected chi connectivity index (χ1v) is 19.0. The Labute approximate surface area is 319 Å². The molecule has 0 saturated carbocycles. The molecule has 2 aliphatic rings. The summed E-state index contributed by atoms with van der Waals surface area (Å²) in [5.41, 5.74) is 0.332. The molecule has 2 saturated heterocycles. The second kappa shape index (κ2) is 18.9. The largest absolute Gasteiger partial charge is 0.460 e. The van der Waals surface area contributed by atoms with Crippen LogP contribution in [0.15, 0.2) is 73.3 Å². The molecule has 2 fully saturated rings. The van der Waals surface area contributed by atoms with Crippen LogP contribution in [-0.2, 0) is 46.3 Å². The Morgan fingerprint density at radius 1 is 0.852 bits per heavy atom. The van der Waals surface area contributed by atoms with E-state index in [2.05, 4.69) is 17.2 Å². The number of unbranched alkanes of at least 4 members (excludes halogenated alkanes) is 1. The SMILES string of the molecule is C=CCCCC1OC(=O)CNC(=O)C(Cc2ccccc2)N(C)C(=O)C2CCCN2C(=O)C(Cc2ccccc2)N(C)C(=O)C(C(C)C)NC(=O)C1(C)C. The minimum absolute atomic E-state index is 0.159. The number of esters is 1. The fourth-order valence-electron chi connectivity index (χ4n) is 7.19. The van der Waals surface area contributed by atoms with E-state index in [-0.39, 0.29) is 18.8 Å². The summed E-state index contributed by atoms with van der Waals surface area (Å²) < 4.78 is 5.92. The molecular formula is C42H57N5O7. The Hall–Kier alpha value is -5.00. The summed E-state index contributed by atoms with van der Waals surface area (Å²) >= 11 is 0. The maximum absolute atomic E-state index is 14.7. The van der Waals surface area contributed by atoms with Gasteiger partial charge in [-0.3, -0.25) is 28.8 Å². The Balaban J connectivity index is 1.80. The molecule has 292 valence electrons. The lowest BCUT2D eigenvalue weighted by atomic mass is 9.82. The van der Waals surface area contributed by atoms with Gasteiger partial charge in [-0.05, 0) is 63.0 Å². The second-order valence-corrected chi connectivity index (χ2v) is 15.3. The van der Waals surface area contributed by atoms with Crippen molar-refractivity contribution in [2.24, 2.45) is 11.3 Å². The van der Waals surface area contributed by atoms with Gasteiger partial charge in [-0.2, -0.15) is 0 Å². The van der Waals surface area contributed by atoms with Crippen LogP contribution in [0.1, 0.15) is 70.9 Å². The maximum atomic E-state index is 14.7. The molecule has 5 amide bonds. The highest BCUT2D eigenvalue weighted by Gasteiger charge is 2.45. The first-order valence-electron chi connectivity index (χ1n) is 19.0. The van der Waals surface area contributed by atoms with Gasteiger partial charge in [0.15, 0.2) is 0 Å². The molecule has 0 aliphatic carbocycles. The van der Waals surface area contributed by atoms with E-state index < -0.39 is 77.7 Å². The monoisotopic (exact) mass is 743 g/mol. The first kappa shape index (κ1) is 41.8. The van der Waals surface area contributed by atoms with E-state index in [0.29, 0.717) is 38.6 Å². The number of cyclic esters (lactones) is 1. The van der Waals surface area contributed by atoms with Gasteiger partial charge < -0.3 is 30.1 Å². The summed E-state index contributed by atoms with van der Waals surface area (Å²) in [6.07, 6.45) is 3.63. The number of carbonyl (C=O) groups excluding carboxylic acids is 6. The smallest absolute Gasteiger partial charge is 0.325 e. The molecule has 2 aromatic carbocycles. The Morgan fingerprint density at radius 3 is 2.00 bits per heavy atom. The van der Waals surface area contributed by atoms with Crippen molar-refractivity contribution in [2.45, 2.75) is 103 Å².